The Morgan fingerprint density at radius 3 is 2.35 bits per heavy atom. The van der Waals surface area contributed by atoms with Gasteiger partial charge in [-0.25, -0.2) is 4.79 Å². The zero-order chi connectivity index (χ0) is 17.1. The van der Waals surface area contributed by atoms with E-state index in [0.717, 1.165) is 0 Å². The normalized spacial score (nSPS) is 18.9. The van der Waals surface area contributed by atoms with Crippen LogP contribution in [0.15, 0.2) is 42.2 Å². The van der Waals surface area contributed by atoms with Crippen LogP contribution < -0.4 is 0 Å². The molecule has 0 bridgehead atoms. The SMILES string of the molecule is O=C(OC1CC=C(OS(=O)(=O)C(F)(F)F)CC1)c1ccccc1. The molecule has 1 aliphatic carbocycles. The van der Waals surface area contributed by atoms with E-state index in [1.54, 1.807) is 30.3 Å². The molecular weight excluding hydrogens is 337 g/mol. The highest BCUT2D eigenvalue weighted by molar-refractivity contribution is 7.87. The lowest BCUT2D eigenvalue weighted by molar-refractivity contribution is -0.0525. The first-order valence-corrected chi connectivity index (χ1v) is 8.06. The fourth-order valence-electron chi connectivity index (χ4n) is 1.95. The lowest BCUT2D eigenvalue weighted by Crippen LogP contribution is -2.27. The molecule has 5 nitrogen and oxygen atoms in total. The average Bonchev–Trinajstić information content (AvgIpc) is 2.48. The fraction of sp³-hybridized carbons (Fsp3) is 0.357. The number of carbonyl (C=O) groups is 1. The van der Waals surface area contributed by atoms with Crippen molar-refractivity contribution in [2.24, 2.45) is 0 Å². The largest absolute Gasteiger partial charge is 0.534 e. The van der Waals surface area contributed by atoms with Gasteiger partial charge < -0.3 is 8.92 Å². The molecule has 0 saturated heterocycles. The molecule has 1 unspecified atom stereocenters. The van der Waals surface area contributed by atoms with E-state index in [-0.39, 0.29) is 25.0 Å². The molecule has 0 heterocycles. The standard InChI is InChI=1S/C14H13F3O5S/c15-14(16,17)23(19,20)22-12-8-6-11(7-9-12)21-13(18)10-4-2-1-3-5-10/h1-5,8,11H,6-7,9H2. The average molecular weight is 350 g/mol. The minimum atomic E-state index is -5.66. The Bertz CT molecular complexity index is 695. The molecule has 1 aromatic carbocycles. The van der Waals surface area contributed by atoms with E-state index < -0.39 is 27.7 Å². The van der Waals surface area contributed by atoms with Crippen LogP contribution in [0.4, 0.5) is 13.2 Å². The van der Waals surface area contributed by atoms with Gasteiger partial charge in [0.15, 0.2) is 0 Å². The van der Waals surface area contributed by atoms with Crippen molar-refractivity contribution in [3.63, 3.8) is 0 Å². The summed E-state index contributed by atoms with van der Waals surface area (Å²) in [7, 11) is -5.66. The second-order valence-electron chi connectivity index (χ2n) is 4.82. The van der Waals surface area contributed by atoms with Gasteiger partial charge in [-0.15, -0.1) is 0 Å². The second kappa shape index (κ2) is 6.61. The molecule has 1 atom stereocenters. The Hall–Kier alpha value is -2.03. The van der Waals surface area contributed by atoms with Gasteiger partial charge in [0.05, 0.1) is 5.56 Å². The smallest absolute Gasteiger partial charge is 0.458 e. The number of esters is 1. The second-order valence-corrected chi connectivity index (χ2v) is 6.36. The summed E-state index contributed by atoms with van der Waals surface area (Å²) in [4.78, 5) is 11.8. The summed E-state index contributed by atoms with van der Waals surface area (Å²) in [5.41, 5.74) is -5.11. The van der Waals surface area contributed by atoms with Gasteiger partial charge in [-0.2, -0.15) is 21.6 Å². The highest BCUT2D eigenvalue weighted by atomic mass is 32.2. The number of rotatable bonds is 4. The molecule has 9 heteroatoms. The third-order valence-corrected chi connectivity index (χ3v) is 4.10. The van der Waals surface area contributed by atoms with Crippen molar-refractivity contribution in [2.45, 2.75) is 30.9 Å². The Labute approximate surface area is 130 Å². The molecule has 0 aromatic heterocycles. The van der Waals surface area contributed by atoms with E-state index in [9.17, 15) is 26.4 Å². The highest BCUT2D eigenvalue weighted by Crippen LogP contribution is 2.30. The maximum Gasteiger partial charge on any atom is 0.534 e. The zero-order valence-corrected chi connectivity index (χ0v) is 12.6. The van der Waals surface area contributed by atoms with Crippen molar-refractivity contribution in [1.29, 1.82) is 0 Å². The predicted octanol–water partition coefficient (Wildman–Crippen LogP) is 3.15. The number of carbonyl (C=O) groups excluding carboxylic acids is 1. The summed E-state index contributed by atoms with van der Waals surface area (Å²) >= 11 is 0. The molecule has 1 aromatic rings. The molecule has 0 amide bonds. The number of benzene rings is 1. The summed E-state index contributed by atoms with van der Waals surface area (Å²) in [6.45, 7) is 0. The lowest BCUT2D eigenvalue weighted by Gasteiger charge is -2.22. The van der Waals surface area contributed by atoms with E-state index >= 15 is 0 Å². The van der Waals surface area contributed by atoms with Gasteiger partial charge in [-0.3, -0.25) is 0 Å². The molecule has 2 rings (SSSR count). The summed E-state index contributed by atoms with van der Waals surface area (Å²) in [6, 6.07) is 8.23. The number of ether oxygens (including phenoxy) is 1. The Morgan fingerprint density at radius 1 is 1.17 bits per heavy atom. The molecule has 23 heavy (non-hydrogen) atoms. The van der Waals surface area contributed by atoms with E-state index in [2.05, 4.69) is 4.18 Å². The van der Waals surface area contributed by atoms with Crippen LogP contribution in [0.2, 0.25) is 0 Å². The van der Waals surface area contributed by atoms with Crippen molar-refractivity contribution in [2.75, 3.05) is 0 Å². The quantitative estimate of drug-likeness (QED) is 0.474. The van der Waals surface area contributed by atoms with Crippen molar-refractivity contribution >= 4 is 16.1 Å². The van der Waals surface area contributed by atoms with Gasteiger partial charge >= 0.3 is 21.6 Å². The van der Waals surface area contributed by atoms with Crippen molar-refractivity contribution in [1.82, 2.24) is 0 Å². The van der Waals surface area contributed by atoms with Crippen molar-refractivity contribution in [3.8, 4) is 0 Å². The third-order valence-electron chi connectivity index (χ3n) is 3.10. The molecule has 0 N–H and O–H groups in total. The molecule has 1 aliphatic rings. The monoisotopic (exact) mass is 350 g/mol. The molecule has 0 spiro atoms. The van der Waals surface area contributed by atoms with E-state index in [1.807, 2.05) is 0 Å². The number of allylic oxidation sites excluding steroid dienone is 1. The van der Waals surface area contributed by atoms with Crippen LogP contribution in [0.3, 0.4) is 0 Å². The number of hydrogen-bond acceptors (Lipinski definition) is 5. The van der Waals surface area contributed by atoms with Gasteiger partial charge in [0.1, 0.15) is 11.9 Å². The number of hydrogen-bond donors (Lipinski definition) is 0. The Balaban J connectivity index is 1.93. The van der Waals surface area contributed by atoms with Gasteiger partial charge in [0.2, 0.25) is 0 Å². The summed E-state index contributed by atoms with van der Waals surface area (Å²) in [5.74, 6) is -0.842. The van der Waals surface area contributed by atoms with E-state index in [1.165, 1.54) is 6.08 Å². The molecule has 0 saturated carbocycles. The molecule has 0 radical (unpaired) electrons. The minimum Gasteiger partial charge on any atom is -0.458 e. The molecule has 126 valence electrons. The van der Waals surface area contributed by atoms with Crippen LogP contribution in [0.25, 0.3) is 0 Å². The summed E-state index contributed by atoms with van der Waals surface area (Å²) in [6.07, 6.45) is 0.847. The minimum absolute atomic E-state index is 0.0674. The molecule has 0 aliphatic heterocycles. The van der Waals surface area contributed by atoms with Crippen LogP contribution in [0.1, 0.15) is 29.6 Å². The first-order chi connectivity index (χ1) is 10.7. The van der Waals surface area contributed by atoms with Gasteiger partial charge in [-0.1, -0.05) is 18.2 Å². The van der Waals surface area contributed by atoms with Crippen LogP contribution in [-0.2, 0) is 19.0 Å². The number of halogens is 3. The zero-order valence-electron chi connectivity index (χ0n) is 11.7. The summed E-state index contributed by atoms with van der Waals surface area (Å²) in [5, 5.41) is 0. The maximum atomic E-state index is 12.2. The molecular formula is C14H13F3O5S. The van der Waals surface area contributed by atoms with Gasteiger partial charge in [0, 0.05) is 12.8 Å². The van der Waals surface area contributed by atoms with Crippen LogP contribution in [-0.4, -0.2) is 26.0 Å². The van der Waals surface area contributed by atoms with E-state index in [4.69, 9.17) is 4.74 Å². The van der Waals surface area contributed by atoms with E-state index in [0.29, 0.717) is 5.56 Å². The molecule has 0 fully saturated rings. The number of alkyl halides is 3. The first-order valence-electron chi connectivity index (χ1n) is 6.65. The first kappa shape index (κ1) is 17.3. The lowest BCUT2D eigenvalue weighted by atomic mass is 10.0. The Kier molecular flexibility index (Phi) is 4.98. The Morgan fingerprint density at radius 2 is 1.83 bits per heavy atom. The van der Waals surface area contributed by atoms with Crippen molar-refractivity contribution < 1.29 is 35.3 Å². The van der Waals surface area contributed by atoms with Gasteiger partial charge in [-0.05, 0) is 24.6 Å². The fourth-order valence-corrected chi connectivity index (χ4v) is 2.48. The summed E-state index contributed by atoms with van der Waals surface area (Å²) < 4.78 is 67.7. The third kappa shape index (κ3) is 4.47. The van der Waals surface area contributed by atoms with Gasteiger partial charge in [0.25, 0.3) is 0 Å². The predicted molar refractivity (Wildman–Crippen MR) is 73.6 cm³/mol. The van der Waals surface area contributed by atoms with Crippen LogP contribution >= 0.6 is 0 Å². The van der Waals surface area contributed by atoms with Crippen LogP contribution in [0, 0.1) is 0 Å². The topological polar surface area (TPSA) is 69.7 Å². The van der Waals surface area contributed by atoms with Crippen molar-refractivity contribution in [3.05, 3.63) is 47.7 Å². The van der Waals surface area contributed by atoms with Crippen LogP contribution in [0.5, 0.6) is 0 Å². The maximum absolute atomic E-state index is 12.2. The highest BCUT2D eigenvalue weighted by Gasteiger charge is 2.49.